The molecule has 0 radical (unpaired) electrons. The molecular formula is C11H15N4O9P-2. The second kappa shape index (κ2) is 7.58. The maximum atomic E-state index is 11.8. The molecule has 0 saturated carbocycles. The van der Waals surface area contributed by atoms with E-state index in [0.29, 0.717) is 0 Å². The molecule has 5 atom stereocenters. The Morgan fingerprint density at radius 1 is 1.52 bits per heavy atom. The molecule has 14 heteroatoms. The van der Waals surface area contributed by atoms with Crippen molar-refractivity contribution in [3.8, 4) is 0 Å². The number of nitrogens with one attached hydrogen (secondary N) is 1. The highest BCUT2D eigenvalue weighted by Crippen LogP contribution is 2.35. The third-order valence-electron chi connectivity index (χ3n) is 3.29. The maximum Gasteiger partial charge on any atom is 0.351 e. The van der Waals surface area contributed by atoms with Gasteiger partial charge in [0, 0.05) is 12.7 Å². The largest absolute Gasteiger partial charge is 0.766 e. The van der Waals surface area contributed by atoms with E-state index in [0.717, 1.165) is 4.57 Å². The number of aliphatic hydroxyl groups is 2. The number of anilines is 1. The summed E-state index contributed by atoms with van der Waals surface area (Å²) in [5, 5.41) is 31.7. The topological polar surface area (TPSA) is 212 Å². The second-order valence-corrected chi connectivity index (χ2v) is 6.66. The first-order chi connectivity index (χ1) is 11.6. The maximum absolute atomic E-state index is 11.8. The van der Waals surface area contributed by atoms with Crippen LogP contribution in [-0.4, -0.2) is 57.2 Å². The van der Waals surface area contributed by atoms with Gasteiger partial charge < -0.3 is 40.0 Å². The molecule has 2 rings (SSSR count). The van der Waals surface area contributed by atoms with Crippen LogP contribution in [0.25, 0.3) is 0 Å². The van der Waals surface area contributed by atoms with E-state index >= 15 is 0 Å². The molecule has 1 saturated heterocycles. The number of carbonyl (C=O) groups excluding carboxylic acids is 1. The van der Waals surface area contributed by atoms with E-state index in [9.17, 15) is 34.4 Å². The Balaban J connectivity index is 2.03. The van der Waals surface area contributed by atoms with Gasteiger partial charge in [-0.2, -0.15) is 4.98 Å². The molecule has 0 aromatic carbocycles. The lowest BCUT2D eigenvalue weighted by molar-refractivity contribution is -0.304. The summed E-state index contributed by atoms with van der Waals surface area (Å²) in [5.41, 5.74) is 4.50. The molecule has 0 amide bonds. The highest BCUT2D eigenvalue weighted by molar-refractivity contribution is 7.49. The van der Waals surface area contributed by atoms with Crippen molar-refractivity contribution in [2.75, 3.05) is 18.9 Å². The van der Waals surface area contributed by atoms with Crippen molar-refractivity contribution in [2.45, 2.75) is 24.5 Å². The van der Waals surface area contributed by atoms with Gasteiger partial charge in [-0.3, -0.25) is 14.2 Å². The van der Waals surface area contributed by atoms with Gasteiger partial charge in [0.15, 0.2) is 6.23 Å². The van der Waals surface area contributed by atoms with Gasteiger partial charge in [-0.1, -0.05) is 0 Å². The molecule has 1 aromatic rings. The van der Waals surface area contributed by atoms with E-state index < -0.39 is 57.1 Å². The van der Waals surface area contributed by atoms with Crippen LogP contribution in [0.5, 0.6) is 0 Å². The number of hydrogen-bond acceptors (Lipinski definition) is 11. The minimum Gasteiger partial charge on any atom is -0.766 e. The van der Waals surface area contributed by atoms with Gasteiger partial charge in [0.05, 0.1) is 12.6 Å². The normalized spacial score (nSPS) is 28.6. The van der Waals surface area contributed by atoms with E-state index in [4.69, 9.17) is 10.5 Å². The molecule has 1 aromatic heterocycles. The minimum absolute atomic E-state index is 0.0551. The Morgan fingerprint density at radius 2 is 2.20 bits per heavy atom. The highest BCUT2D eigenvalue weighted by Gasteiger charge is 2.44. The number of ether oxygens (including phenoxy) is 1. The van der Waals surface area contributed by atoms with Crippen LogP contribution in [-0.2, 0) is 18.6 Å². The van der Waals surface area contributed by atoms with E-state index in [1.807, 2.05) is 0 Å². The van der Waals surface area contributed by atoms with Gasteiger partial charge in [0.2, 0.25) is 7.75 Å². The van der Waals surface area contributed by atoms with Crippen LogP contribution in [0.4, 0.5) is 5.82 Å². The van der Waals surface area contributed by atoms with Crippen LogP contribution < -0.4 is 26.5 Å². The number of aliphatic hydroxyl groups excluding tert-OH is 2. The third-order valence-corrected chi connectivity index (χ3v) is 4.32. The standard InChI is InChI=1S/C11H17N4O9P/c12-6-1-2-15(11(20)14-6)10-9(19)8(18)5(24-10)4-23-25(21,22)13-3-7(16)17/h1-2,5,8-10,18-19H,3-4H2,(H,16,17)(H2,12,14,20)(H2,13,21,22)/p-2. The van der Waals surface area contributed by atoms with Crippen molar-refractivity contribution in [3.63, 3.8) is 0 Å². The fraction of sp³-hybridized carbons (Fsp3) is 0.545. The summed E-state index contributed by atoms with van der Waals surface area (Å²) in [6.07, 6.45) is -4.61. The first-order valence-electron chi connectivity index (χ1n) is 6.87. The molecule has 0 bridgehead atoms. The number of rotatable bonds is 7. The van der Waals surface area contributed by atoms with Crippen molar-refractivity contribution in [1.82, 2.24) is 14.6 Å². The first kappa shape index (κ1) is 19.5. The van der Waals surface area contributed by atoms with Crippen molar-refractivity contribution in [1.29, 1.82) is 0 Å². The Hall–Kier alpha value is -1.86. The van der Waals surface area contributed by atoms with E-state index in [-0.39, 0.29) is 5.82 Å². The van der Waals surface area contributed by atoms with Crippen molar-refractivity contribution < 1.29 is 38.8 Å². The molecule has 140 valence electrons. The third kappa shape index (κ3) is 4.83. The number of nitrogens with zero attached hydrogens (tertiary/aromatic N) is 2. The first-order valence-corrected chi connectivity index (χ1v) is 8.42. The van der Waals surface area contributed by atoms with E-state index in [1.54, 1.807) is 5.09 Å². The van der Waals surface area contributed by atoms with Crippen LogP contribution in [0.2, 0.25) is 0 Å². The molecule has 0 aliphatic carbocycles. The molecule has 5 unspecified atom stereocenters. The molecule has 1 aliphatic rings. The smallest absolute Gasteiger partial charge is 0.351 e. The monoisotopic (exact) mass is 378 g/mol. The van der Waals surface area contributed by atoms with Crippen molar-refractivity contribution in [3.05, 3.63) is 22.7 Å². The number of carboxylic acid groups (broad SMARTS) is 1. The molecule has 1 aliphatic heterocycles. The lowest BCUT2D eigenvalue weighted by Gasteiger charge is -2.26. The second-order valence-electron chi connectivity index (χ2n) is 5.09. The molecule has 13 nitrogen and oxygen atoms in total. The van der Waals surface area contributed by atoms with Crippen molar-refractivity contribution >= 4 is 19.5 Å². The van der Waals surface area contributed by atoms with Gasteiger partial charge in [0.1, 0.15) is 24.1 Å². The quantitative estimate of drug-likeness (QED) is 0.329. The fourth-order valence-corrected chi connectivity index (χ4v) is 2.85. The van der Waals surface area contributed by atoms with Crippen LogP contribution in [0, 0.1) is 0 Å². The Morgan fingerprint density at radius 3 is 2.80 bits per heavy atom. The zero-order valence-corrected chi connectivity index (χ0v) is 13.4. The number of nitrogens with two attached hydrogens (primary N) is 1. The van der Waals surface area contributed by atoms with Gasteiger partial charge >= 0.3 is 5.69 Å². The molecule has 2 heterocycles. The molecular weight excluding hydrogens is 363 g/mol. The summed E-state index contributed by atoms with van der Waals surface area (Å²) in [7, 11) is -4.74. The van der Waals surface area contributed by atoms with Gasteiger partial charge in [-0.25, -0.2) is 4.79 Å². The SMILES string of the molecule is Nc1ccn(C2OC(COP(=O)([O-])NCC(=O)[O-])C(O)C2O)c(=O)n1. The van der Waals surface area contributed by atoms with Crippen molar-refractivity contribution in [2.24, 2.45) is 0 Å². The van der Waals surface area contributed by atoms with E-state index in [1.165, 1.54) is 12.3 Å². The molecule has 5 N–H and O–H groups in total. The van der Waals surface area contributed by atoms with Crippen LogP contribution in [0.3, 0.4) is 0 Å². The lowest BCUT2D eigenvalue weighted by atomic mass is 10.1. The summed E-state index contributed by atoms with van der Waals surface area (Å²) in [6, 6.07) is 1.27. The van der Waals surface area contributed by atoms with Gasteiger partial charge in [-0.05, 0) is 6.07 Å². The van der Waals surface area contributed by atoms with Gasteiger partial charge in [0.25, 0.3) is 0 Å². The zero-order chi connectivity index (χ0) is 18.8. The number of carboxylic acids is 1. The summed E-state index contributed by atoms with van der Waals surface area (Å²) >= 11 is 0. The van der Waals surface area contributed by atoms with Crippen LogP contribution in [0.15, 0.2) is 17.1 Å². The number of aliphatic carboxylic acids is 1. The van der Waals surface area contributed by atoms with Crippen LogP contribution in [0.1, 0.15) is 6.23 Å². The van der Waals surface area contributed by atoms with Crippen LogP contribution >= 0.6 is 7.75 Å². The number of hydrogen-bond donors (Lipinski definition) is 4. The summed E-state index contributed by atoms with van der Waals surface area (Å²) in [5.74, 6) is -1.72. The molecule has 25 heavy (non-hydrogen) atoms. The Kier molecular flexibility index (Phi) is 5.90. The number of carbonyl (C=O) groups is 1. The highest BCUT2D eigenvalue weighted by atomic mass is 31.2. The number of nitrogen functional groups attached to an aromatic ring is 1. The molecule has 0 spiro atoms. The minimum atomic E-state index is -4.74. The Bertz CT molecular complexity index is 741. The predicted molar refractivity (Wildman–Crippen MR) is 75.4 cm³/mol. The fourth-order valence-electron chi connectivity index (χ4n) is 2.09. The summed E-state index contributed by atoms with van der Waals surface area (Å²) < 4.78 is 22.1. The molecule has 1 fully saturated rings. The number of aromatic nitrogens is 2. The summed E-state index contributed by atoms with van der Waals surface area (Å²) in [6.45, 7) is -1.72. The Labute approximate surface area is 140 Å². The summed E-state index contributed by atoms with van der Waals surface area (Å²) in [4.78, 5) is 36.9. The lowest BCUT2D eigenvalue weighted by Crippen LogP contribution is -2.38. The predicted octanol–water partition coefficient (Wildman–Crippen LogP) is -4.73. The average molecular weight is 378 g/mol. The average Bonchev–Trinajstić information content (AvgIpc) is 2.80. The van der Waals surface area contributed by atoms with E-state index in [2.05, 4.69) is 9.51 Å². The van der Waals surface area contributed by atoms with Gasteiger partial charge in [-0.15, -0.1) is 0 Å². The zero-order valence-electron chi connectivity index (χ0n) is 12.5.